The number of carbonyl (C=O) groups excluding carboxylic acids is 1. The molecule has 1 fully saturated rings. The molecule has 0 atom stereocenters. The summed E-state index contributed by atoms with van der Waals surface area (Å²) in [5.74, 6) is 0.0944. The Hall–Kier alpha value is -1.66. The molecular weight excluding hydrogens is 272 g/mol. The van der Waals surface area contributed by atoms with E-state index in [2.05, 4.69) is 5.32 Å². The second kappa shape index (κ2) is 5.38. The molecule has 6 heteroatoms. The zero-order chi connectivity index (χ0) is 14.1. The highest BCUT2D eigenvalue weighted by Gasteiger charge is 2.26. The second-order valence-electron chi connectivity index (χ2n) is 5.06. The number of hydrogen-bond donors (Lipinski definition) is 3. The van der Waals surface area contributed by atoms with E-state index in [4.69, 9.17) is 11.1 Å². The number of piperazine rings is 1. The fourth-order valence-corrected chi connectivity index (χ4v) is 3.80. The molecule has 2 heterocycles. The maximum absolute atomic E-state index is 12.5. The number of thiophene rings is 1. The lowest BCUT2D eigenvalue weighted by molar-refractivity contribution is 0.0740. The van der Waals surface area contributed by atoms with Crippen LogP contribution in [0.4, 0.5) is 0 Å². The van der Waals surface area contributed by atoms with E-state index in [1.807, 2.05) is 11.0 Å². The van der Waals surface area contributed by atoms with Gasteiger partial charge in [-0.15, -0.1) is 11.3 Å². The summed E-state index contributed by atoms with van der Waals surface area (Å²) in [4.78, 5) is 16.2. The Morgan fingerprint density at radius 1 is 1.40 bits per heavy atom. The third kappa shape index (κ3) is 2.25. The van der Waals surface area contributed by atoms with Crippen molar-refractivity contribution in [1.82, 2.24) is 10.2 Å². The van der Waals surface area contributed by atoms with Crippen molar-refractivity contribution in [3.63, 3.8) is 0 Å². The average molecular weight is 290 g/mol. The van der Waals surface area contributed by atoms with E-state index in [9.17, 15) is 4.79 Å². The number of nitrogens with zero attached hydrogens (tertiary/aromatic N) is 1. The molecule has 1 aliphatic carbocycles. The lowest BCUT2D eigenvalue weighted by Crippen LogP contribution is -2.46. The first-order valence-electron chi connectivity index (χ1n) is 6.83. The minimum atomic E-state index is 0.0944. The molecule has 106 valence electrons. The first-order chi connectivity index (χ1) is 9.70. The monoisotopic (exact) mass is 290 g/mol. The van der Waals surface area contributed by atoms with Crippen LogP contribution in [0.5, 0.6) is 0 Å². The van der Waals surface area contributed by atoms with Gasteiger partial charge in [0.25, 0.3) is 5.91 Å². The molecule has 1 aromatic rings. The number of fused-ring (bicyclic) bond motifs is 1. The van der Waals surface area contributed by atoms with E-state index in [1.165, 1.54) is 17.5 Å². The Morgan fingerprint density at radius 2 is 2.15 bits per heavy atom. The van der Waals surface area contributed by atoms with Crippen molar-refractivity contribution in [2.75, 3.05) is 26.2 Å². The molecule has 0 unspecified atom stereocenters. The predicted octanol–water partition coefficient (Wildman–Crippen LogP) is 0.950. The van der Waals surface area contributed by atoms with Gasteiger partial charge in [0.15, 0.2) is 0 Å². The maximum Gasteiger partial charge on any atom is 0.264 e. The van der Waals surface area contributed by atoms with Gasteiger partial charge in [0.05, 0.1) is 10.6 Å². The average Bonchev–Trinajstić information content (AvgIpc) is 2.93. The summed E-state index contributed by atoms with van der Waals surface area (Å²) in [6.45, 7) is 3.22. The molecule has 1 aliphatic heterocycles. The number of hydrogen-bond acceptors (Lipinski definition) is 5. The predicted molar refractivity (Wildman–Crippen MR) is 80.5 cm³/mol. The topological polar surface area (TPSA) is 82.2 Å². The van der Waals surface area contributed by atoms with Crippen LogP contribution < -0.4 is 11.1 Å². The molecule has 0 spiro atoms. The van der Waals surface area contributed by atoms with Crippen LogP contribution in [0, 0.1) is 5.41 Å². The molecule has 0 bridgehead atoms. The molecule has 20 heavy (non-hydrogen) atoms. The van der Waals surface area contributed by atoms with Gasteiger partial charge in [0, 0.05) is 36.6 Å². The largest absolute Gasteiger partial charge is 0.404 e. The molecule has 1 saturated heterocycles. The highest BCUT2D eigenvalue weighted by molar-refractivity contribution is 7.14. The van der Waals surface area contributed by atoms with Crippen molar-refractivity contribution in [3.8, 4) is 0 Å². The summed E-state index contributed by atoms with van der Waals surface area (Å²) < 4.78 is 0. The van der Waals surface area contributed by atoms with Crippen molar-refractivity contribution in [1.29, 1.82) is 5.41 Å². The first kappa shape index (κ1) is 13.3. The van der Waals surface area contributed by atoms with E-state index < -0.39 is 0 Å². The summed E-state index contributed by atoms with van der Waals surface area (Å²) in [7, 11) is 0. The Bertz CT molecular complexity index is 584. The van der Waals surface area contributed by atoms with Crippen molar-refractivity contribution >= 4 is 23.0 Å². The van der Waals surface area contributed by atoms with Crippen LogP contribution in [0.2, 0.25) is 0 Å². The van der Waals surface area contributed by atoms with E-state index in [0.29, 0.717) is 5.71 Å². The third-order valence-corrected chi connectivity index (χ3v) is 5.02. The van der Waals surface area contributed by atoms with Gasteiger partial charge in [-0.25, -0.2) is 0 Å². The van der Waals surface area contributed by atoms with Gasteiger partial charge in [-0.2, -0.15) is 0 Å². The summed E-state index contributed by atoms with van der Waals surface area (Å²) in [5, 5.41) is 11.4. The van der Waals surface area contributed by atoms with E-state index in [1.54, 1.807) is 0 Å². The molecule has 1 amide bonds. The Kier molecular flexibility index (Phi) is 3.58. The van der Waals surface area contributed by atoms with Gasteiger partial charge in [-0.1, -0.05) is 0 Å². The fraction of sp³-hybridized carbons (Fsp3) is 0.429. The summed E-state index contributed by atoms with van der Waals surface area (Å²) in [6, 6.07) is 1.87. The number of allylic oxidation sites excluding steroid dienone is 1. The van der Waals surface area contributed by atoms with Crippen LogP contribution in [-0.4, -0.2) is 42.7 Å². The molecule has 1 aromatic heterocycles. The molecule has 0 aromatic carbocycles. The van der Waals surface area contributed by atoms with Crippen LogP contribution in [0.15, 0.2) is 17.8 Å². The van der Waals surface area contributed by atoms with Gasteiger partial charge in [-0.3, -0.25) is 10.2 Å². The Balaban J connectivity index is 1.86. The SMILES string of the molecule is N=C1C(=CN)CCc2sc(C(=O)N3CCNCC3)cc21. The van der Waals surface area contributed by atoms with Crippen LogP contribution in [0.3, 0.4) is 0 Å². The van der Waals surface area contributed by atoms with Crippen molar-refractivity contribution in [2.45, 2.75) is 12.8 Å². The van der Waals surface area contributed by atoms with Crippen molar-refractivity contribution in [3.05, 3.63) is 33.2 Å². The minimum absolute atomic E-state index is 0.0944. The molecule has 5 nitrogen and oxygen atoms in total. The minimum Gasteiger partial charge on any atom is -0.404 e. The smallest absolute Gasteiger partial charge is 0.264 e. The third-order valence-electron chi connectivity index (χ3n) is 3.84. The quantitative estimate of drug-likeness (QED) is 0.720. The van der Waals surface area contributed by atoms with Gasteiger partial charge in [0.1, 0.15) is 0 Å². The van der Waals surface area contributed by atoms with Gasteiger partial charge < -0.3 is 16.0 Å². The normalized spacial score (nSPS) is 21.1. The van der Waals surface area contributed by atoms with E-state index in [0.717, 1.165) is 59.9 Å². The zero-order valence-electron chi connectivity index (χ0n) is 11.2. The van der Waals surface area contributed by atoms with Gasteiger partial charge >= 0.3 is 0 Å². The molecule has 2 aliphatic rings. The fourth-order valence-electron chi connectivity index (χ4n) is 2.67. The zero-order valence-corrected chi connectivity index (χ0v) is 12.1. The van der Waals surface area contributed by atoms with Crippen LogP contribution >= 0.6 is 11.3 Å². The van der Waals surface area contributed by atoms with Crippen molar-refractivity contribution in [2.24, 2.45) is 5.73 Å². The molecule has 4 N–H and O–H groups in total. The molecule has 0 radical (unpaired) electrons. The lowest BCUT2D eigenvalue weighted by Gasteiger charge is -2.26. The Morgan fingerprint density at radius 3 is 2.85 bits per heavy atom. The number of nitrogens with one attached hydrogen (secondary N) is 2. The summed E-state index contributed by atoms with van der Waals surface area (Å²) in [6.07, 6.45) is 3.19. The van der Waals surface area contributed by atoms with E-state index in [-0.39, 0.29) is 5.91 Å². The standard InChI is InChI=1S/C14H18N4OS/c15-8-9-1-2-11-10(13(9)16)7-12(20-11)14(19)18-5-3-17-4-6-18/h7-8,16-17H,1-6,15H2. The second-order valence-corrected chi connectivity index (χ2v) is 6.19. The Labute approximate surface area is 122 Å². The van der Waals surface area contributed by atoms with Gasteiger partial charge in [0.2, 0.25) is 0 Å². The number of aryl methyl sites for hydroxylation is 1. The number of carbonyl (C=O) groups is 1. The maximum atomic E-state index is 12.5. The van der Waals surface area contributed by atoms with Gasteiger partial charge in [-0.05, 0) is 30.7 Å². The number of amides is 1. The van der Waals surface area contributed by atoms with E-state index >= 15 is 0 Å². The molecule has 0 saturated carbocycles. The summed E-state index contributed by atoms with van der Waals surface area (Å²) >= 11 is 1.53. The lowest BCUT2D eigenvalue weighted by atomic mass is 9.92. The highest BCUT2D eigenvalue weighted by atomic mass is 32.1. The first-order valence-corrected chi connectivity index (χ1v) is 7.65. The molecular formula is C14H18N4OS. The van der Waals surface area contributed by atoms with Crippen LogP contribution in [0.1, 0.15) is 26.5 Å². The number of rotatable bonds is 1. The van der Waals surface area contributed by atoms with Crippen LogP contribution in [-0.2, 0) is 6.42 Å². The van der Waals surface area contributed by atoms with Crippen LogP contribution in [0.25, 0.3) is 0 Å². The van der Waals surface area contributed by atoms with Crippen molar-refractivity contribution < 1.29 is 4.79 Å². The summed E-state index contributed by atoms with van der Waals surface area (Å²) in [5.41, 5.74) is 7.79. The highest BCUT2D eigenvalue weighted by Crippen LogP contribution is 2.32. The number of nitrogens with two attached hydrogens (primary N) is 1. The molecule has 3 rings (SSSR count).